The number of rotatable bonds is 10. The number of aromatic nitrogens is 1. The Morgan fingerprint density at radius 3 is 2.62 bits per heavy atom. The lowest BCUT2D eigenvalue weighted by atomic mass is 10.1. The first-order valence-electron chi connectivity index (χ1n) is 12.2. The third-order valence-electron chi connectivity index (χ3n) is 6.46. The molecule has 4 rings (SSSR count). The molecule has 218 valence electrons. The van der Waals surface area contributed by atoms with E-state index in [1.165, 1.54) is 28.4 Å². The highest BCUT2D eigenvalue weighted by atomic mass is 79.9. The van der Waals surface area contributed by atoms with Crippen LogP contribution in [0.5, 0.6) is 0 Å². The van der Waals surface area contributed by atoms with Crippen LogP contribution in [0, 0.1) is 0 Å². The van der Waals surface area contributed by atoms with Crippen LogP contribution in [-0.2, 0) is 29.6 Å². The van der Waals surface area contributed by atoms with Crippen molar-refractivity contribution in [3.63, 3.8) is 0 Å². The molecule has 0 radical (unpaired) electrons. The molecule has 11 nitrogen and oxygen atoms in total. The summed E-state index contributed by atoms with van der Waals surface area (Å²) in [5.74, 6) is -0.808. The summed E-state index contributed by atoms with van der Waals surface area (Å²) in [7, 11) is -7.82. The number of nitrogens with one attached hydrogen (secondary N) is 2. The lowest BCUT2D eigenvalue weighted by molar-refractivity contribution is -0.143. The number of carbonyl (C=O) groups excluding carboxylic acids is 2. The van der Waals surface area contributed by atoms with E-state index in [-0.39, 0.29) is 29.0 Å². The van der Waals surface area contributed by atoms with Crippen molar-refractivity contribution in [3.05, 3.63) is 48.6 Å². The normalized spacial score (nSPS) is 20.5. The van der Waals surface area contributed by atoms with Gasteiger partial charge in [0.2, 0.25) is 31.9 Å². The zero-order valence-electron chi connectivity index (χ0n) is 20.9. The van der Waals surface area contributed by atoms with E-state index in [0.717, 1.165) is 11.6 Å². The summed E-state index contributed by atoms with van der Waals surface area (Å²) in [6, 6.07) is 3.30. The van der Waals surface area contributed by atoms with Gasteiger partial charge < -0.3 is 9.80 Å². The van der Waals surface area contributed by atoms with Crippen LogP contribution in [0.1, 0.15) is 30.6 Å². The first-order chi connectivity index (χ1) is 18.8. The maximum absolute atomic E-state index is 13.2. The van der Waals surface area contributed by atoms with Gasteiger partial charge in [0.05, 0.1) is 15.4 Å². The van der Waals surface area contributed by atoms with Crippen LogP contribution in [-0.4, -0.2) is 81.7 Å². The van der Waals surface area contributed by atoms with Gasteiger partial charge in [0.1, 0.15) is 16.1 Å². The van der Waals surface area contributed by atoms with Gasteiger partial charge in [0, 0.05) is 42.2 Å². The highest BCUT2D eigenvalue weighted by molar-refractivity contribution is 9.10. The Morgan fingerprint density at radius 1 is 1.18 bits per heavy atom. The molecule has 2 aliphatic rings. The van der Waals surface area contributed by atoms with Crippen molar-refractivity contribution in [3.8, 4) is 0 Å². The third kappa shape index (κ3) is 8.03. The zero-order valence-corrected chi connectivity index (χ0v) is 26.5. The number of halogens is 3. The molecule has 0 unspecified atom stereocenters. The topological polar surface area (TPSA) is 146 Å². The van der Waals surface area contributed by atoms with Crippen LogP contribution in [0.4, 0.5) is 0 Å². The molecule has 0 bridgehead atoms. The molecule has 2 aromatic rings. The number of likely N-dealkylation sites (tertiary alicyclic amines) is 2. The summed E-state index contributed by atoms with van der Waals surface area (Å²) in [5.41, 5.74) is 0. The Kier molecular flexibility index (Phi) is 10.3. The average molecular weight is 716 g/mol. The smallest absolute Gasteiger partial charge is 0.242 e. The Labute approximate surface area is 255 Å². The molecule has 0 aliphatic carbocycles. The minimum Gasteiger partial charge on any atom is -0.337 e. The number of carbonyl (C=O) groups is 2. The van der Waals surface area contributed by atoms with E-state index < -0.39 is 38.0 Å². The minimum atomic E-state index is -3.92. The van der Waals surface area contributed by atoms with Crippen molar-refractivity contribution in [2.75, 3.05) is 26.2 Å². The van der Waals surface area contributed by atoms with E-state index in [2.05, 4.69) is 30.4 Å². The Hall–Kier alpha value is -1.59. The molecule has 17 heteroatoms. The van der Waals surface area contributed by atoms with Crippen molar-refractivity contribution in [1.82, 2.24) is 24.2 Å². The monoisotopic (exact) mass is 713 g/mol. The molecule has 0 spiro atoms. The predicted molar refractivity (Wildman–Crippen MR) is 157 cm³/mol. The summed E-state index contributed by atoms with van der Waals surface area (Å²) in [6.45, 7) is 0.509. The highest BCUT2D eigenvalue weighted by Gasteiger charge is 2.35. The summed E-state index contributed by atoms with van der Waals surface area (Å²) in [5, 5.41) is 1.12. The second-order valence-electron chi connectivity index (χ2n) is 9.24. The Morgan fingerprint density at radius 2 is 1.93 bits per heavy atom. The molecule has 40 heavy (non-hydrogen) atoms. The number of nitrogens with zero attached hydrogens (tertiary/aromatic N) is 3. The predicted octanol–water partition coefficient (Wildman–Crippen LogP) is 3.06. The number of pyridine rings is 1. The summed E-state index contributed by atoms with van der Waals surface area (Å²) in [4.78, 5) is 33.6. The molecule has 2 aromatic heterocycles. The fraction of sp³-hybridized carbons (Fsp3) is 0.435. The molecule has 2 saturated heterocycles. The molecule has 2 atom stereocenters. The minimum absolute atomic E-state index is 0.00746. The van der Waals surface area contributed by atoms with Crippen molar-refractivity contribution in [1.29, 1.82) is 0 Å². The largest absolute Gasteiger partial charge is 0.337 e. The molecule has 4 heterocycles. The van der Waals surface area contributed by atoms with E-state index in [1.807, 2.05) is 0 Å². The molecular formula is C23H26BrCl2N5O6S3. The molecular weight excluding hydrogens is 689 g/mol. The first kappa shape index (κ1) is 31.3. The van der Waals surface area contributed by atoms with Crippen LogP contribution in [0.15, 0.2) is 39.2 Å². The SMILES string of the molecule is O=C1[C@@H](NS(=O)(=O)C=Cc2ccc(Cl)s2)CCCN1CC(=O)N1CCC[C@H]1CNS(=O)(=O)c1cnc(Cl)c(Br)c1. The van der Waals surface area contributed by atoms with Crippen molar-refractivity contribution < 1.29 is 26.4 Å². The van der Waals surface area contributed by atoms with Crippen molar-refractivity contribution in [2.24, 2.45) is 0 Å². The zero-order chi connectivity index (χ0) is 29.1. The van der Waals surface area contributed by atoms with Crippen molar-refractivity contribution >= 4 is 88.4 Å². The fourth-order valence-electron chi connectivity index (χ4n) is 4.49. The van der Waals surface area contributed by atoms with Crippen LogP contribution in [0.25, 0.3) is 6.08 Å². The second kappa shape index (κ2) is 13.2. The maximum Gasteiger partial charge on any atom is 0.242 e. The first-order valence-corrected chi connectivity index (χ1v) is 17.6. The summed E-state index contributed by atoms with van der Waals surface area (Å²) < 4.78 is 56.4. The van der Waals surface area contributed by atoms with Crippen LogP contribution < -0.4 is 9.44 Å². The van der Waals surface area contributed by atoms with E-state index >= 15 is 0 Å². The van der Waals surface area contributed by atoms with Crippen LogP contribution in [0.2, 0.25) is 9.49 Å². The van der Waals surface area contributed by atoms with Crippen molar-refractivity contribution in [2.45, 2.75) is 42.7 Å². The van der Waals surface area contributed by atoms with E-state index in [0.29, 0.717) is 52.5 Å². The summed E-state index contributed by atoms with van der Waals surface area (Å²) >= 11 is 16.1. The number of sulfonamides is 2. The average Bonchev–Trinajstić information content (AvgIpc) is 3.54. The Bertz CT molecular complexity index is 1520. The van der Waals surface area contributed by atoms with Gasteiger partial charge in [0.15, 0.2) is 0 Å². The molecule has 2 amide bonds. The Balaban J connectivity index is 1.34. The number of hydrogen-bond acceptors (Lipinski definition) is 8. The number of piperidine rings is 1. The van der Waals surface area contributed by atoms with Gasteiger partial charge >= 0.3 is 0 Å². The highest BCUT2D eigenvalue weighted by Crippen LogP contribution is 2.25. The maximum atomic E-state index is 13.2. The standard InChI is InChI=1S/C23H26BrCl2N5O6S3/c24-18-11-17(13-27-22(18)26)40(36,37)28-12-15-3-1-9-31(15)21(32)14-30-8-2-4-19(23(30)33)29-39(34,35)10-7-16-5-6-20(25)38-16/h5-7,10-11,13,15,19,28-29H,1-4,8-9,12,14H2/t15-,19-/m0/s1. The van der Waals surface area contributed by atoms with E-state index in [1.54, 1.807) is 17.0 Å². The molecule has 0 aromatic carbocycles. The fourth-order valence-corrected chi connectivity index (χ4v) is 8.21. The van der Waals surface area contributed by atoms with Gasteiger partial charge in [-0.1, -0.05) is 23.2 Å². The van der Waals surface area contributed by atoms with Gasteiger partial charge in [-0.05, 0) is 65.9 Å². The van der Waals surface area contributed by atoms with Crippen LogP contribution >= 0.6 is 50.5 Å². The van der Waals surface area contributed by atoms with Gasteiger partial charge in [-0.3, -0.25) is 9.59 Å². The van der Waals surface area contributed by atoms with E-state index in [4.69, 9.17) is 23.2 Å². The summed E-state index contributed by atoms with van der Waals surface area (Å²) in [6.07, 6.45) is 4.65. The lowest BCUT2D eigenvalue weighted by Crippen LogP contribution is -2.55. The second-order valence-corrected chi connectivity index (χ2v) is 15.6. The van der Waals surface area contributed by atoms with Gasteiger partial charge in [-0.15, -0.1) is 11.3 Å². The van der Waals surface area contributed by atoms with E-state index in [9.17, 15) is 26.4 Å². The quantitative estimate of drug-likeness (QED) is 0.360. The van der Waals surface area contributed by atoms with Crippen LogP contribution in [0.3, 0.4) is 0 Å². The van der Waals surface area contributed by atoms with Gasteiger partial charge in [0.25, 0.3) is 0 Å². The third-order valence-corrected chi connectivity index (χ3v) is 11.3. The number of thiophene rings is 1. The molecule has 2 aliphatic heterocycles. The molecule has 0 saturated carbocycles. The van der Waals surface area contributed by atoms with Gasteiger partial charge in [-0.25, -0.2) is 26.5 Å². The number of hydrogen-bond donors (Lipinski definition) is 2. The van der Waals surface area contributed by atoms with Gasteiger partial charge in [-0.2, -0.15) is 4.72 Å². The molecule has 2 N–H and O–H groups in total. The number of amides is 2. The lowest BCUT2D eigenvalue weighted by Gasteiger charge is -2.34. The molecule has 2 fully saturated rings.